The van der Waals surface area contributed by atoms with Crippen LogP contribution in [0.25, 0.3) is 0 Å². The summed E-state index contributed by atoms with van der Waals surface area (Å²) in [7, 11) is -3.21. The second-order valence-electron chi connectivity index (χ2n) is 7.03. The highest BCUT2D eigenvalue weighted by molar-refractivity contribution is 7.89. The largest absolute Gasteiger partial charge is 0.212 e. The predicted molar refractivity (Wildman–Crippen MR) is 89.9 cm³/mol. The molecule has 21 heavy (non-hydrogen) atoms. The molecule has 1 N–H and O–H groups in total. The first-order chi connectivity index (χ1) is 9.57. The lowest BCUT2D eigenvalue weighted by atomic mass is 9.85. The Morgan fingerprint density at radius 2 is 1.62 bits per heavy atom. The van der Waals surface area contributed by atoms with Gasteiger partial charge in [0.05, 0.1) is 5.75 Å². The Labute approximate surface area is 130 Å². The van der Waals surface area contributed by atoms with E-state index in [0.717, 1.165) is 5.56 Å². The van der Waals surface area contributed by atoms with Crippen LogP contribution in [0.2, 0.25) is 0 Å². The van der Waals surface area contributed by atoms with Crippen molar-refractivity contribution in [2.75, 3.05) is 5.75 Å². The van der Waals surface area contributed by atoms with Crippen LogP contribution in [-0.4, -0.2) is 14.2 Å². The highest BCUT2D eigenvalue weighted by atomic mass is 32.2. The third-order valence-corrected chi connectivity index (χ3v) is 5.14. The molecule has 0 aliphatic heterocycles. The van der Waals surface area contributed by atoms with E-state index in [9.17, 15) is 8.42 Å². The molecule has 0 aliphatic carbocycles. The average molecular weight is 311 g/mol. The fraction of sp³-hybridized carbons (Fsp3) is 0.647. The van der Waals surface area contributed by atoms with Crippen LogP contribution in [0.15, 0.2) is 24.3 Å². The minimum Gasteiger partial charge on any atom is -0.212 e. The van der Waals surface area contributed by atoms with Crippen molar-refractivity contribution in [3.8, 4) is 0 Å². The number of nitrogens with one attached hydrogen (secondary N) is 1. The van der Waals surface area contributed by atoms with E-state index in [4.69, 9.17) is 0 Å². The van der Waals surface area contributed by atoms with Gasteiger partial charge >= 0.3 is 0 Å². The van der Waals surface area contributed by atoms with Gasteiger partial charge in [-0.15, -0.1) is 0 Å². The summed E-state index contributed by atoms with van der Waals surface area (Å²) in [6, 6.07) is 8.10. The van der Waals surface area contributed by atoms with Gasteiger partial charge in [0, 0.05) is 6.04 Å². The molecule has 0 aliphatic rings. The molecule has 0 saturated carbocycles. The van der Waals surface area contributed by atoms with Crippen molar-refractivity contribution < 1.29 is 8.42 Å². The summed E-state index contributed by atoms with van der Waals surface area (Å²) in [5, 5.41) is 0. The highest BCUT2D eigenvalue weighted by Gasteiger charge is 2.22. The summed E-state index contributed by atoms with van der Waals surface area (Å²) >= 11 is 0. The molecule has 1 rings (SSSR count). The molecule has 0 heterocycles. The maximum absolute atomic E-state index is 12.0. The van der Waals surface area contributed by atoms with E-state index in [2.05, 4.69) is 37.6 Å². The lowest BCUT2D eigenvalue weighted by Crippen LogP contribution is -2.33. The summed E-state index contributed by atoms with van der Waals surface area (Å²) in [6.45, 7) is 12.5. The quantitative estimate of drug-likeness (QED) is 0.862. The van der Waals surface area contributed by atoms with Crippen LogP contribution in [-0.2, 0) is 15.4 Å². The summed E-state index contributed by atoms with van der Waals surface area (Å²) in [6.07, 6.45) is 0.628. The second-order valence-corrected chi connectivity index (χ2v) is 8.90. The van der Waals surface area contributed by atoms with E-state index >= 15 is 0 Å². The number of benzene rings is 1. The number of hydrogen-bond acceptors (Lipinski definition) is 2. The van der Waals surface area contributed by atoms with Gasteiger partial charge in [0.1, 0.15) is 0 Å². The maximum atomic E-state index is 12.0. The molecule has 0 amide bonds. The smallest absolute Gasteiger partial charge is 0.212 e. The van der Waals surface area contributed by atoms with E-state index in [1.165, 1.54) is 5.56 Å². The standard InChI is InChI=1S/C17H29NO2S/c1-7-12-21(19,20)18-16(13(2)3)14-8-10-15(11-9-14)17(4,5)6/h8-11,13,16,18H,7,12H2,1-6H3. The Hall–Kier alpha value is -0.870. The lowest BCUT2D eigenvalue weighted by molar-refractivity contribution is 0.462. The van der Waals surface area contributed by atoms with Gasteiger partial charge < -0.3 is 0 Å². The molecule has 1 aromatic carbocycles. The molecule has 0 bridgehead atoms. The van der Waals surface area contributed by atoms with Crippen molar-refractivity contribution in [2.24, 2.45) is 5.92 Å². The molecule has 0 aromatic heterocycles. The van der Waals surface area contributed by atoms with Crippen LogP contribution in [0.1, 0.15) is 65.1 Å². The minimum atomic E-state index is -3.21. The number of rotatable bonds is 6. The van der Waals surface area contributed by atoms with E-state index in [1.54, 1.807) is 0 Å². The summed E-state index contributed by atoms with van der Waals surface area (Å²) in [5.74, 6) is 0.383. The van der Waals surface area contributed by atoms with Crippen LogP contribution >= 0.6 is 0 Å². The normalized spacial score (nSPS) is 14.4. The zero-order valence-corrected chi connectivity index (χ0v) is 14.9. The van der Waals surface area contributed by atoms with Crippen LogP contribution < -0.4 is 4.72 Å². The first-order valence-electron chi connectivity index (χ1n) is 7.67. The second kappa shape index (κ2) is 6.93. The topological polar surface area (TPSA) is 46.2 Å². The molecule has 1 unspecified atom stereocenters. The third-order valence-electron chi connectivity index (χ3n) is 3.58. The Bertz CT molecular complexity index is 539. The monoisotopic (exact) mass is 311 g/mol. The highest BCUT2D eigenvalue weighted by Crippen LogP contribution is 2.27. The van der Waals surface area contributed by atoms with Gasteiger partial charge in [0.25, 0.3) is 0 Å². The average Bonchev–Trinajstić information content (AvgIpc) is 2.35. The number of hydrogen-bond donors (Lipinski definition) is 1. The van der Waals surface area contributed by atoms with Crippen LogP contribution in [0.4, 0.5) is 0 Å². The van der Waals surface area contributed by atoms with Gasteiger partial charge in [-0.3, -0.25) is 0 Å². The van der Waals surface area contributed by atoms with E-state index in [0.29, 0.717) is 6.42 Å². The molecule has 3 nitrogen and oxygen atoms in total. The van der Waals surface area contributed by atoms with Crippen molar-refractivity contribution in [2.45, 2.75) is 59.4 Å². The Kier molecular flexibility index (Phi) is 6.00. The van der Waals surface area contributed by atoms with E-state index < -0.39 is 10.0 Å². The van der Waals surface area contributed by atoms with Gasteiger partial charge in [-0.1, -0.05) is 65.8 Å². The van der Waals surface area contributed by atoms with E-state index in [-0.39, 0.29) is 23.1 Å². The van der Waals surface area contributed by atoms with Crippen molar-refractivity contribution in [3.05, 3.63) is 35.4 Å². The van der Waals surface area contributed by atoms with Gasteiger partial charge in [-0.2, -0.15) is 0 Å². The first-order valence-corrected chi connectivity index (χ1v) is 9.32. The summed E-state index contributed by atoms with van der Waals surface area (Å²) < 4.78 is 26.9. The van der Waals surface area contributed by atoms with Crippen LogP contribution in [0.3, 0.4) is 0 Å². The molecule has 0 fully saturated rings. The molecule has 1 atom stereocenters. The van der Waals surface area contributed by atoms with Crippen LogP contribution in [0.5, 0.6) is 0 Å². The summed E-state index contributed by atoms with van der Waals surface area (Å²) in [5.41, 5.74) is 2.39. The van der Waals surface area contributed by atoms with Crippen LogP contribution in [0, 0.1) is 5.92 Å². The fourth-order valence-electron chi connectivity index (χ4n) is 2.30. The van der Waals surface area contributed by atoms with Crippen molar-refractivity contribution >= 4 is 10.0 Å². The molecule has 4 heteroatoms. The van der Waals surface area contributed by atoms with Gasteiger partial charge in [0.15, 0.2) is 0 Å². The fourth-order valence-corrected chi connectivity index (χ4v) is 3.75. The molecular formula is C17H29NO2S. The number of sulfonamides is 1. The predicted octanol–water partition coefficient (Wildman–Crippen LogP) is 4.01. The lowest BCUT2D eigenvalue weighted by Gasteiger charge is -2.24. The van der Waals surface area contributed by atoms with Crippen molar-refractivity contribution in [3.63, 3.8) is 0 Å². The van der Waals surface area contributed by atoms with Gasteiger partial charge in [0.2, 0.25) is 10.0 Å². The van der Waals surface area contributed by atoms with Crippen molar-refractivity contribution in [1.29, 1.82) is 0 Å². The minimum absolute atomic E-state index is 0.105. The summed E-state index contributed by atoms with van der Waals surface area (Å²) in [4.78, 5) is 0. The Morgan fingerprint density at radius 3 is 2.00 bits per heavy atom. The first kappa shape index (κ1) is 18.2. The molecule has 0 spiro atoms. The molecular weight excluding hydrogens is 282 g/mol. The Morgan fingerprint density at radius 1 is 1.10 bits per heavy atom. The molecule has 120 valence electrons. The van der Waals surface area contributed by atoms with Crippen molar-refractivity contribution in [1.82, 2.24) is 4.72 Å². The molecule has 0 saturated heterocycles. The molecule has 0 radical (unpaired) electrons. The Balaban J connectivity index is 3.02. The van der Waals surface area contributed by atoms with Gasteiger partial charge in [-0.05, 0) is 28.9 Å². The van der Waals surface area contributed by atoms with Gasteiger partial charge in [-0.25, -0.2) is 13.1 Å². The maximum Gasteiger partial charge on any atom is 0.212 e. The SMILES string of the molecule is CCCS(=O)(=O)NC(c1ccc(C(C)(C)C)cc1)C(C)C. The zero-order valence-electron chi connectivity index (χ0n) is 14.1. The zero-order chi connectivity index (χ0) is 16.3. The van der Waals surface area contributed by atoms with E-state index in [1.807, 2.05) is 32.9 Å². The third kappa shape index (κ3) is 5.44. The molecule has 1 aromatic rings.